The summed E-state index contributed by atoms with van der Waals surface area (Å²) in [4.78, 5) is 4.36. The number of aliphatic hydroxyl groups is 1. The number of rotatable bonds is 2. The van der Waals surface area contributed by atoms with Crippen molar-refractivity contribution in [3.8, 4) is 0 Å². The van der Waals surface area contributed by atoms with Gasteiger partial charge in [-0.1, -0.05) is 6.08 Å². The lowest BCUT2D eigenvalue weighted by Gasteiger charge is -2.37. The lowest BCUT2D eigenvalue weighted by Crippen LogP contribution is -2.45. The summed E-state index contributed by atoms with van der Waals surface area (Å²) >= 11 is 0. The summed E-state index contributed by atoms with van der Waals surface area (Å²) in [5.74, 6) is 0. The molecular weight excluding hydrogens is 140 g/mol. The van der Waals surface area contributed by atoms with Crippen LogP contribution < -0.4 is 0 Å². The van der Waals surface area contributed by atoms with Crippen molar-refractivity contribution >= 4 is 0 Å². The standard InChI is InChI=1S/C8H16N2O/c1-8-9(2)4-3-5-10(8)6-7-11/h3,5,8,11H,4,6-7H2,1-2H3. The normalized spacial score (nSPS) is 26.1. The molecule has 0 aromatic rings. The summed E-state index contributed by atoms with van der Waals surface area (Å²) < 4.78 is 0. The first-order valence-corrected chi connectivity index (χ1v) is 3.99. The van der Waals surface area contributed by atoms with Crippen LogP contribution in [0.5, 0.6) is 0 Å². The molecule has 1 rings (SSSR count). The highest BCUT2D eigenvalue weighted by molar-refractivity contribution is 4.92. The summed E-state index contributed by atoms with van der Waals surface area (Å²) in [6.45, 7) is 4.09. The van der Waals surface area contributed by atoms with Gasteiger partial charge in [-0.3, -0.25) is 4.90 Å². The molecule has 1 aliphatic rings. The van der Waals surface area contributed by atoms with E-state index in [-0.39, 0.29) is 6.61 Å². The second-order valence-electron chi connectivity index (χ2n) is 2.92. The number of hydrogen-bond acceptors (Lipinski definition) is 3. The van der Waals surface area contributed by atoms with Crippen LogP contribution in [0.15, 0.2) is 12.3 Å². The van der Waals surface area contributed by atoms with Crippen LogP contribution in [0, 0.1) is 0 Å². The van der Waals surface area contributed by atoms with Crippen molar-refractivity contribution in [3.63, 3.8) is 0 Å². The fraction of sp³-hybridized carbons (Fsp3) is 0.750. The molecule has 1 heterocycles. The molecular formula is C8H16N2O. The minimum atomic E-state index is 0.225. The Hall–Kier alpha value is -0.540. The van der Waals surface area contributed by atoms with Gasteiger partial charge in [0.2, 0.25) is 0 Å². The molecule has 11 heavy (non-hydrogen) atoms. The predicted molar refractivity (Wildman–Crippen MR) is 45.0 cm³/mol. The summed E-state index contributed by atoms with van der Waals surface area (Å²) in [5, 5.41) is 8.73. The molecule has 0 radical (unpaired) electrons. The number of aliphatic hydroxyl groups excluding tert-OH is 1. The zero-order chi connectivity index (χ0) is 8.27. The molecule has 0 bridgehead atoms. The second kappa shape index (κ2) is 3.74. The van der Waals surface area contributed by atoms with Crippen LogP contribution in [0.1, 0.15) is 6.92 Å². The zero-order valence-corrected chi connectivity index (χ0v) is 7.20. The van der Waals surface area contributed by atoms with E-state index in [1.165, 1.54) is 0 Å². The maximum Gasteiger partial charge on any atom is 0.0787 e. The van der Waals surface area contributed by atoms with E-state index in [0.717, 1.165) is 13.1 Å². The van der Waals surface area contributed by atoms with E-state index < -0.39 is 0 Å². The van der Waals surface area contributed by atoms with Gasteiger partial charge in [0.15, 0.2) is 0 Å². The monoisotopic (exact) mass is 156 g/mol. The van der Waals surface area contributed by atoms with Gasteiger partial charge in [-0.05, 0) is 20.2 Å². The van der Waals surface area contributed by atoms with Crippen molar-refractivity contribution in [1.82, 2.24) is 9.80 Å². The molecule has 0 saturated carbocycles. The Morgan fingerprint density at radius 2 is 2.36 bits per heavy atom. The molecule has 1 unspecified atom stereocenters. The highest BCUT2D eigenvalue weighted by atomic mass is 16.3. The molecule has 0 fully saturated rings. The van der Waals surface area contributed by atoms with Gasteiger partial charge < -0.3 is 10.0 Å². The van der Waals surface area contributed by atoms with Crippen LogP contribution in [0.25, 0.3) is 0 Å². The third-order valence-electron chi connectivity index (χ3n) is 2.17. The number of β-amino-alcohol motifs (C(OH)–C–C–N with tert-alkyl or cyclic N) is 1. The second-order valence-corrected chi connectivity index (χ2v) is 2.92. The van der Waals surface area contributed by atoms with Crippen molar-refractivity contribution in [2.75, 3.05) is 26.7 Å². The summed E-state index contributed by atoms with van der Waals surface area (Å²) in [6, 6.07) is 0. The first-order chi connectivity index (χ1) is 5.25. The third-order valence-corrected chi connectivity index (χ3v) is 2.17. The number of hydrogen-bond donors (Lipinski definition) is 1. The van der Waals surface area contributed by atoms with E-state index in [9.17, 15) is 0 Å². The molecule has 3 nitrogen and oxygen atoms in total. The van der Waals surface area contributed by atoms with Crippen molar-refractivity contribution in [3.05, 3.63) is 12.3 Å². The zero-order valence-electron chi connectivity index (χ0n) is 7.20. The van der Waals surface area contributed by atoms with Crippen molar-refractivity contribution in [2.45, 2.75) is 13.1 Å². The SMILES string of the molecule is CC1N(C)CC=CN1CCO. The van der Waals surface area contributed by atoms with Gasteiger partial charge >= 0.3 is 0 Å². The highest BCUT2D eigenvalue weighted by Gasteiger charge is 2.16. The minimum Gasteiger partial charge on any atom is -0.395 e. The van der Waals surface area contributed by atoms with Crippen LogP contribution in [-0.4, -0.2) is 47.8 Å². The average Bonchev–Trinajstić information content (AvgIpc) is 1.99. The molecule has 0 aromatic heterocycles. The van der Waals surface area contributed by atoms with Gasteiger partial charge in [0.05, 0.1) is 12.8 Å². The number of likely N-dealkylation sites (N-methyl/N-ethyl adjacent to an activating group) is 1. The highest BCUT2D eigenvalue weighted by Crippen LogP contribution is 2.08. The van der Waals surface area contributed by atoms with Gasteiger partial charge in [-0.25, -0.2) is 0 Å². The van der Waals surface area contributed by atoms with Crippen molar-refractivity contribution in [2.24, 2.45) is 0 Å². The average molecular weight is 156 g/mol. The molecule has 64 valence electrons. The smallest absolute Gasteiger partial charge is 0.0787 e. The molecule has 0 spiro atoms. The lowest BCUT2D eigenvalue weighted by molar-refractivity contribution is 0.0942. The Bertz CT molecular complexity index is 147. The topological polar surface area (TPSA) is 26.7 Å². The Kier molecular flexibility index (Phi) is 2.91. The van der Waals surface area contributed by atoms with E-state index in [0.29, 0.717) is 6.17 Å². The van der Waals surface area contributed by atoms with Crippen LogP contribution >= 0.6 is 0 Å². The quantitative estimate of drug-likeness (QED) is 0.613. The third kappa shape index (κ3) is 1.94. The van der Waals surface area contributed by atoms with Gasteiger partial charge in [0.1, 0.15) is 0 Å². The van der Waals surface area contributed by atoms with Crippen molar-refractivity contribution in [1.29, 1.82) is 0 Å². The fourth-order valence-electron chi connectivity index (χ4n) is 1.26. The predicted octanol–water partition coefficient (Wildman–Crippen LogP) is 0.0858. The summed E-state index contributed by atoms with van der Waals surface area (Å²) in [5.41, 5.74) is 0. The van der Waals surface area contributed by atoms with Gasteiger partial charge in [0, 0.05) is 13.1 Å². The van der Waals surface area contributed by atoms with Gasteiger partial charge in [-0.2, -0.15) is 0 Å². The molecule has 0 amide bonds. The lowest BCUT2D eigenvalue weighted by atomic mass is 10.3. The van der Waals surface area contributed by atoms with Crippen LogP contribution in [0.2, 0.25) is 0 Å². The Morgan fingerprint density at radius 3 is 3.00 bits per heavy atom. The van der Waals surface area contributed by atoms with Gasteiger partial charge in [0.25, 0.3) is 0 Å². The Balaban J connectivity index is 2.50. The maximum absolute atomic E-state index is 8.73. The molecule has 0 aromatic carbocycles. The molecule has 3 heteroatoms. The molecule has 1 N–H and O–H groups in total. The first-order valence-electron chi connectivity index (χ1n) is 3.99. The number of nitrogens with zero attached hydrogens (tertiary/aromatic N) is 2. The molecule has 0 aliphatic carbocycles. The van der Waals surface area contributed by atoms with Gasteiger partial charge in [-0.15, -0.1) is 0 Å². The largest absolute Gasteiger partial charge is 0.395 e. The molecule has 1 atom stereocenters. The molecule has 0 saturated heterocycles. The fourth-order valence-corrected chi connectivity index (χ4v) is 1.26. The van der Waals surface area contributed by atoms with E-state index in [1.54, 1.807) is 0 Å². The summed E-state index contributed by atoms with van der Waals surface area (Å²) in [7, 11) is 2.08. The van der Waals surface area contributed by atoms with E-state index in [4.69, 9.17) is 5.11 Å². The summed E-state index contributed by atoms with van der Waals surface area (Å²) in [6.07, 6.45) is 4.57. The van der Waals surface area contributed by atoms with Crippen molar-refractivity contribution < 1.29 is 5.11 Å². The Morgan fingerprint density at radius 1 is 1.64 bits per heavy atom. The maximum atomic E-state index is 8.73. The van der Waals surface area contributed by atoms with Crippen LogP contribution in [-0.2, 0) is 0 Å². The van der Waals surface area contributed by atoms with Crippen LogP contribution in [0.4, 0.5) is 0 Å². The minimum absolute atomic E-state index is 0.225. The van der Waals surface area contributed by atoms with E-state index >= 15 is 0 Å². The first kappa shape index (κ1) is 8.56. The van der Waals surface area contributed by atoms with Crippen LogP contribution in [0.3, 0.4) is 0 Å². The Labute approximate surface area is 67.9 Å². The van der Waals surface area contributed by atoms with E-state index in [1.807, 2.05) is 0 Å². The molecule has 1 aliphatic heterocycles. The van der Waals surface area contributed by atoms with E-state index in [2.05, 4.69) is 36.0 Å².